The highest BCUT2D eigenvalue weighted by Gasteiger charge is 2.48. The summed E-state index contributed by atoms with van der Waals surface area (Å²) in [4.78, 5) is 25.1. The Bertz CT molecular complexity index is 512. The van der Waals surface area contributed by atoms with Gasteiger partial charge in [-0.3, -0.25) is 4.79 Å². The van der Waals surface area contributed by atoms with Crippen molar-refractivity contribution in [3.8, 4) is 0 Å². The van der Waals surface area contributed by atoms with E-state index in [1.54, 1.807) is 6.92 Å². The third-order valence-electron chi connectivity index (χ3n) is 3.75. The molecule has 2 aliphatic rings. The van der Waals surface area contributed by atoms with Gasteiger partial charge in [0, 0.05) is 6.42 Å². The van der Waals surface area contributed by atoms with Gasteiger partial charge < -0.3 is 4.74 Å². The molecule has 1 heterocycles. The lowest BCUT2D eigenvalue weighted by molar-refractivity contribution is -0.127. The van der Waals surface area contributed by atoms with Gasteiger partial charge in [0.1, 0.15) is 0 Å². The molecule has 0 bridgehead atoms. The third kappa shape index (κ3) is 1.52. The van der Waals surface area contributed by atoms with Gasteiger partial charge in [0.25, 0.3) is 0 Å². The van der Waals surface area contributed by atoms with Crippen LogP contribution in [-0.4, -0.2) is 23.5 Å². The summed E-state index contributed by atoms with van der Waals surface area (Å²) in [5.41, 5.74) is 2.34. The maximum Gasteiger partial charge on any atom is 0.417 e. The molecule has 2 unspecified atom stereocenters. The van der Waals surface area contributed by atoms with Crippen molar-refractivity contribution in [2.75, 3.05) is 6.61 Å². The monoisotopic (exact) mass is 245 g/mol. The van der Waals surface area contributed by atoms with Crippen LogP contribution in [0.1, 0.15) is 30.5 Å². The van der Waals surface area contributed by atoms with Crippen LogP contribution < -0.4 is 0 Å². The Labute approximate surface area is 106 Å². The Balaban J connectivity index is 1.97. The van der Waals surface area contributed by atoms with E-state index in [1.165, 1.54) is 10.5 Å². The maximum atomic E-state index is 11.9. The topological polar surface area (TPSA) is 46.6 Å². The fourth-order valence-corrected chi connectivity index (χ4v) is 3.08. The van der Waals surface area contributed by atoms with Crippen LogP contribution in [0.25, 0.3) is 0 Å². The Morgan fingerprint density at radius 1 is 1.39 bits per heavy atom. The molecular weight excluding hydrogens is 230 g/mol. The first-order chi connectivity index (χ1) is 8.72. The summed E-state index contributed by atoms with van der Waals surface area (Å²) in [5, 5.41) is 0. The van der Waals surface area contributed by atoms with Crippen molar-refractivity contribution in [2.45, 2.75) is 25.8 Å². The van der Waals surface area contributed by atoms with Gasteiger partial charge in [-0.05, 0) is 30.4 Å². The van der Waals surface area contributed by atoms with Gasteiger partial charge in [0.2, 0.25) is 5.91 Å². The molecule has 2 atom stereocenters. The average molecular weight is 245 g/mol. The first-order valence-corrected chi connectivity index (χ1v) is 6.29. The van der Waals surface area contributed by atoms with Gasteiger partial charge in [-0.15, -0.1) is 0 Å². The number of amides is 2. The smallest absolute Gasteiger partial charge is 0.417 e. The fourth-order valence-electron chi connectivity index (χ4n) is 3.08. The first-order valence-electron chi connectivity index (χ1n) is 6.29. The predicted octanol–water partition coefficient (Wildman–Crippen LogP) is 2.29. The third-order valence-corrected chi connectivity index (χ3v) is 3.75. The first kappa shape index (κ1) is 11.3. The van der Waals surface area contributed by atoms with E-state index in [2.05, 4.69) is 6.07 Å². The van der Waals surface area contributed by atoms with Crippen LogP contribution in [0, 0.1) is 5.92 Å². The second-order valence-corrected chi connectivity index (χ2v) is 4.77. The van der Waals surface area contributed by atoms with Crippen molar-refractivity contribution in [2.24, 2.45) is 5.92 Å². The van der Waals surface area contributed by atoms with Crippen LogP contribution in [0.3, 0.4) is 0 Å². The zero-order valence-electron chi connectivity index (χ0n) is 10.3. The number of ether oxygens (including phenoxy) is 1. The Morgan fingerprint density at radius 3 is 2.94 bits per heavy atom. The summed E-state index contributed by atoms with van der Waals surface area (Å²) in [7, 11) is 0. The Hall–Kier alpha value is -1.84. The molecule has 4 heteroatoms. The van der Waals surface area contributed by atoms with Crippen LogP contribution in [0.15, 0.2) is 24.3 Å². The molecule has 2 amide bonds. The molecule has 4 nitrogen and oxygen atoms in total. The van der Waals surface area contributed by atoms with Gasteiger partial charge in [-0.2, -0.15) is 0 Å². The van der Waals surface area contributed by atoms with E-state index in [4.69, 9.17) is 4.74 Å². The van der Waals surface area contributed by atoms with E-state index in [1.807, 2.05) is 18.2 Å². The van der Waals surface area contributed by atoms with Crippen molar-refractivity contribution >= 4 is 12.0 Å². The molecule has 0 aromatic heterocycles. The number of carbonyl (C=O) groups excluding carboxylic acids is 2. The van der Waals surface area contributed by atoms with Gasteiger partial charge >= 0.3 is 6.09 Å². The minimum absolute atomic E-state index is 0.113. The number of nitrogens with zero attached hydrogens (tertiary/aromatic N) is 1. The Morgan fingerprint density at radius 2 is 2.17 bits per heavy atom. The normalized spacial score (nSPS) is 24.9. The number of likely N-dealkylation sites (tertiary alicyclic amines) is 1. The lowest BCUT2D eigenvalue weighted by Gasteiger charge is -2.22. The minimum atomic E-state index is -0.508. The molecule has 1 aliphatic carbocycles. The fraction of sp³-hybridized carbons (Fsp3) is 0.429. The standard InChI is InChI=1S/C14H15NO3/c1-2-18-14(17)15-12(16)8-10-7-9-5-3-4-6-11(9)13(10)15/h3-6,10,13H,2,7-8H2,1H3. The molecule has 0 saturated carbocycles. The van der Waals surface area contributed by atoms with Crippen molar-refractivity contribution in [1.82, 2.24) is 4.90 Å². The molecule has 1 aliphatic heterocycles. The molecule has 0 spiro atoms. The summed E-state index contributed by atoms with van der Waals surface area (Å²) in [6.07, 6.45) is 0.812. The van der Waals surface area contributed by atoms with E-state index < -0.39 is 6.09 Å². The number of imide groups is 1. The molecule has 0 N–H and O–H groups in total. The van der Waals surface area contributed by atoms with E-state index in [0.29, 0.717) is 13.0 Å². The molecule has 1 aromatic rings. The van der Waals surface area contributed by atoms with Crippen molar-refractivity contribution in [3.05, 3.63) is 35.4 Å². The summed E-state index contributed by atoms with van der Waals surface area (Å²) < 4.78 is 4.99. The van der Waals surface area contributed by atoms with Crippen LogP contribution in [0.5, 0.6) is 0 Å². The highest BCUT2D eigenvalue weighted by atomic mass is 16.6. The number of rotatable bonds is 1. The number of hydrogen-bond donors (Lipinski definition) is 0. The van der Waals surface area contributed by atoms with Crippen LogP contribution in [-0.2, 0) is 16.0 Å². The minimum Gasteiger partial charge on any atom is -0.449 e. The molecule has 18 heavy (non-hydrogen) atoms. The summed E-state index contributed by atoms with van der Waals surface area (Å²) in [6.45, 7) is 2.04. The number of fused-ring (bicyclic) bond motifs is 3. The van der Waals surface area contributed by atoms with Gasteiger partial charge in [-0.25, -0.2) is 9.69 Å². The van der Waals surface area contributed by atoms with Crippen LogP contribution >= 0.6 is 0 Å². The molecule has 94 valence electrons. The van der Waals surface area contributed by atoms with E-state index in [0.717, 1.165) is 12.0 Å². The zero-order chi connectivity index (χ0) is 12.7. The number of hydrogen-bond acceptors (Lipinski definition) is 3. The van der Waals surface area contributed by atoms with Gasteiger partial charge in [0.15, 0.2) is 0 Å². The van der Waals surface area contributed by atoms with Gasteiger partial charge in [-0.1, -0.05) is 24.3 Å². The molecule has 1 saturated heterocycles. The molecular formula is C14H15NO3. The summed E-state index contributed by atoms with van der Waals surface area (Å²) in [6, 6.07) is 7.91. The van der Waals surface area contributed by atoms with Crippen molar-refractivity contribution in [1.29, 1.82) is 0 Å². The quantitative estimate of drug-likeness (QED) is 0.762. The Kier molecular flexibility index (Phi) is 2.58. The predicted molar refractivity (Wildman–Crippen MR) is 64.9 cm³/mol. The van der Waals surface area contributed by atoms with Crippen molar-refractivity contribution in [3.63, 3.8) is 0 Å². The average Bonchev–Trinajstić information content (AvgIpc) is 2.83. The second kappa shape index (κ2) is 4.12. The number of benzene rings is 1. The lowest BCUT2D eigenvalue weighted by atomic mass is 10.0. The van der Waals surface area contributed by atoms with E-state index in [9.17, 15) is 9.59 Å². The SMILES string of the molecule is CCOC(=O)N1C(=O)CC2Cc3ccccc3C21. The van der Waals surface area contributed by atoms with Crippen molar-refractivity contribution < 1.29 is 14.3 Å². The summed E-state index contributed by atoms with van der Waals surface area (Å²) in [5.74, 6) is 0.109. The zero-order valence-corrected chi connectivity index (χ0v) is 10.3. The molecule has 1 aromatic carbocycles. The van der Waals surface area contributed by atoms with Crippen LogP contribution in [0.2, 0.25) is 0 Å². The highest BCUT2D eigenvalue weighted by Crippen LogP contribution is 2.46. The van der Waals surface area contributed by atoms with E-state index in [-0.39, 0.29) is 17.9 Å². The van der Waals surface area contributed by atoms with Gasteiger partial charge in [0.05, 0.1) is 12.6 Å². The number of carbonyl (C=O) groups is 2. The second-order valence-electron chi connectivity index (χ2n) is 4.77. The molecule has 3 rings (SSSR count). The largest absolute Gasteiger partial charge is 0.449 e. The molecule has 0 radical (unpaired) electrons. The van der Waals surface area contributed by atoms with Crippen LogP contribution in [0.4, 0.5) is 4.79 Å². The summed E-state index contributed by atoms with van der Waals surface area (Å²) >= 11 is 0. The highest BCUT2D eigenvalue weighted by molar-refractivity contribution is 5.95. The van der Waals surface area contributed by atoms with E-state index >= 15 is 0 Å². The maximum absolute atomic E-state index is 11.9. The lowest BCUT2D eigenvalue weighted by Crippen LogP contribution is -2.34. The molecule has 1 fully saturated rings.